The minimum Gasteiger partial charge on any atom is -0.342 e. The van der Waals surface area contributed by atoms with Crippen LogP contribution in [0.4, 0.5) is 0 Å². The van der Waals surface area contributed by atoms with Crippen LogP contribution in [0.3, 0.4) is 0 Å². The Balaban J connectivity index is 0.00000106. The van der Waals surface area contributed by atoms with E-state index >= 15 is 0 Å². The van der Waals surface area contributed by atoms with Gasteiger partial charge in [0.15, 0.2) is 0 Å². The summed E-state index contributed by atoms with van der Waals surface area (Å²) in [6, 6.07) is 0. The first-order valence-electron chi connectivity index (χ1n) is 6.52. The van der Waals surface area contributed by atoms with Gasteiger partial charge in [0.05, 0.1) is 0 Å². The van der Waals surface area contributed by atoms with E-state index in [2.05, 4.69) is 34.6 Å². The van der Waals surface area contributed by atoms with Gasteiger partial charge in [0.2, 0.25) is 5.91 Å². The quantitative estimate of drug-likeness (QED) is 0.704. The summed E-state index contributed by atoms with van der Waals surface area (Å²) in [6.07, 6.45) is 2.13. The van der Waals surface area contributed by atoms with Gasteiger partial charge in [-0.15, -0.1) is 0 Å². The minimum absolute atomic E-state index is 0.196. The van der Waals surface area contributed by atoms with Crippen LogP contribution < -0.4 is 0 Å². The predicted molar refractivity (Wildman–Crippen MR) is 70.4 cm³/mol. The predicted octanol–water partition coefficient (Wildman–Crippen LogP) is 3.71. The molecule has 0 bridgehead atoms. The molecule has 96 valence electrons. The van der Waals surface area contributed by atoms with E-state index in [-0.39, 0.29) is 10.8 Å². The molecule has 0 aliphatic carbocycles. The van der Waals surface area contributed by atoms with Crippen molar-refractivity contribution in [2.45, 2.75) is 61.3 Å². The Morgan fingerprint density at radius 1 is 1.06 bits per heavy atom. The Hall–Kier alpha value is -0.530. The van der Waals surface area contributed by atoms with Crippen molar-refractivity contribution < 1.29 is 4.79 Å². The number of hydrogen-bond donors (Lipinski definition) is 0. The van der Waals surface area contributed by atoms with Gasteiger partial charge in [0.25, 0.3) is 0 Å². The summed E-state index contributed by atoms with van der Waals surface area (Å²) in [5.74, 6) is 0.332. The molecule has 0 aromatic heterocycles. The van der Waals surface area contributed by atoms with E-state index in [1.165, 1.54) is 6.42 Å². The number of amides is 1. The molecule has 1 amide bonds. The lowest BCUT2D eigenvalue weighted by molar-refractivity contribution is -0.145. The van der Waals surface area contributed by atoms with Crippen LogP contribution in [0.2, 0.25) is 0 Å². The van der Waals surface area contributed by atoms with E-state index in [0.717, 1.165) is 19.5 Å². The third-order valence-corrected chi connectivity index (χ3v) is 2.69. The molecule has 2 heteroatoms. The highest BCUT2D eigenvalue weighted by molar-refractivity contribution is 5.82. The van der Waals surface area contributed by atoms with Gasteiger partial charge in [-0.1, -0.05) is 48.5 Å². The first-order valence-corrected chi connectivity index (χ1v) is 6.52. The van der Waals surface area contributed by atoms with Crippen LogP contribution in [-0.2, 0) is 4.79 Å². The van der Waals surface area contributed by atoms with Crippen molar-refractivity contribution in [2.24, 2.45) is 10.8 Å². The zero-order chi connectivity index (χ0) is 13.0. The Labute approximate surface area is 101 Å². The van der Waals surface area contributed by atoms with Crippen LogP contribution in [0, 0.1) is 10.8 Å². The van der Waals surface area contributed by atoms with Crippen molar-refractivity contribution in [1.82, 2.24) is 4.90 Å². The summed E-state index contributed by atoms with van der Waals surface area (Å²) in [6.45, 7) is 16.6. The number of rotatable bonds is 2. The molecule has 0 unspecified atom stereocenters. The van der Waals surface area contributed by atoms with Crippen LogP contribution in [-0.4, -0.2) is 23.9 Å². The van der Waals surface area contributed by atoms with Gasteiger partial charge >= 0.3 is 0 Å². The van der Waals surface area contributed by atoms with Crippen molar-refractivity contribution >= 4 is 5.91 Å². The van der Waals surface area contributed by atoms with Gasteiger partial charge in [-0.05, 0) is 18.3 Å². The minimum atomic E-state index is -0.196. The molecule has 0 N–H and O–H groups in total. The molecule has 0 spiro atoms. The van der Waals surface area contributed by atoms with Gasteiger partial charge in [0.1, 0.15) is 0 Å². The zero-order valence-electron chi connectivity index (χ0n) is 12.2. The Morgan fingerprint density at radius 2 is 1.50 bits per heavy atom. The lowest BCUT2D eigenvalue weighted by atomic mass is 9.75. The van der Waals surface area contributed by atoms with Gasteiger partial charge in [-0.25, -0.2) is 0 Å². The fraction of sp³-hybridized carbons (Fsp3) is 0.929. The molecule has 0 saturated carbocycles. The molecule has 1 aliphatic heterocycles. The largest absolute Gasteiger partial charge is 0.342 e. The molecule has 0 atom stereocenters. The molecule has 2 nitrogen and oxygen atoms in total. The summed E-state index contributed by atoms with van der Waals surface area (Å²) >= 11 is 0. The maximum absolute atomic E-state index is 12.1. The highest BCUT2D eigenvalue weighted by Crippen LogP contribution is 2.35. The molecule has 1 rings (SSSR count). The van der Waals surface area contributed by atoms with Crippen molar-refractivity contribution in [1.29, 1.82) is 0 Å². The fourth-order valence-electron chi connectivity index (χ4n) is 2.35. The maximum Gasteiger partial charge on any atom is 0.228 e. The summed E-state index contributed by atoms with van der Waals surface area (Å²) in [4.78, 5) is 14.0. The summed E-state index contributed by atoms with van der Waals surface area (Å²) in [7, 11) is 0. The van der Waals surface area contributed by atoms with Crippen molar-refractivity contribution in [3.63, 3.8) is 0 Å². The molecular formula is C14H29NO. The molecule has 0 aromatic rings. The lowest BCUT2D eigenvalue weighted by Crippen LogP contribution is -2.49. The van der Waals surface area contributed by atoms with Crippen molar-refractivity contribution in [3.05, 3.63) is 0 Å². The van der Waals surface area contributed by atoms with Crippen LogP contribution in [0.5, 0.6) is 0 Å². The van der Waals surface area contributed by atoms with Crippen LogP contribution in [0.15, 0.2) is 0 Å². The topological polar surface area (TPSA) is 20.3 Å². The number of carbonyl (C=O) groups is 1. The monoisotopic (exact) mass is 227 g/mol. The molecule has 0 radical (unpaired) electrons. The highest BCUT2D eigenvalue weighted by atomic mass is 16.2. The summed E-state index contributed by atoms with van der Waals surface area (Å²) in [5, 5.41) is 0. The third-order valence-electron chi connectivity index (χ3n) is 2.69. The molecule has 16 heavy (non-hydrogen) atoms. The number of likely N-dealkylation sites (tertiary alicyclic amines) is 1. The van der Waals surface area contributed by atoms with Gasteiger partial charge in [-0.3, -0.25) is 4.79 Å². The van der Waals surface area contributed by atoms with E-state index in [1.807, 2.05) is 18.7 Å². The average Bonchev–Trinajstić information content (AvgIpc) is 2.00. The normalized spacial score (nSPS) is 16.1. The van der Waals surface area contributed by atoms with E-state index in [4.69, 9.17) is 0 Å². The van der Waals surface area contributed by atoms with E-state index < -0.39 is 0 Å². The third kappa shape index (κ3) is 4.54. The van der Waals surface area contributed by atoms with Crippen LogP contribution in [0.25, 0.3) is 0 Å². The molecule has 0 aromatic carbocycles. The lowest BCUT2D eigenvalue weighted by Gasteiger charge is -2.40. The van der Waals surface area contributed by atoms with Crippen molar-refractivity contribution in [3.8, 4) is 0 Å². The Morgan fingerprint density at radius 3 is 1.75 bits per heavy atom. The van der Waals surface area contributed by atoms with Gasteiger partial charge < -0.3 is 4.90 Å². The SMILES string of the molecule is CC.CC(C)(C)CC(C)(C)C(=O)N1CCC1. The second kappa shape index (κ2) is 5.70. The second-order valence-electron chi connectivity index (χ2n) is 6.27. The first-order chi connectivity index (χ1) is 7.22. The Kier molecular flexibility index (Phi) is 5.51. The van der Waals surface area contributed by atoms with Crippen LogP contribution in [0.1, 0.15) is 61.3 Å². The van der Waals surface area contributed by atoms with Crippen molar-refractivity contribution in [2.75, 3.05) is 13.1 Å². The summed E-state index contributed by atoms with van der Waals surface area (Å²) in [5.41, 5.74) is 0.0305. The number of nitrogens with zero attached hydrogens (tertiary/aromatic N) is 1. The molecule has 1 fully saturated rings. The van der Waals surface area contributed by atoms with E-state index in [0.29, 0.717) is 5.91 Å². The zero-order valence-corrected chi connectivity index (χ0v) is 12.2. The summed E-state index contributed by atoms with van der Waals surface area (Å²) < 4.78 is 0. The fourth-order valence-corrected chi connectivity index (χ4v) is 2.35. The second-order valence-corrected chi connectivity index (χ2v) is 6.27. The molecular weight excluding hydrogens is 198 g/mol. The molecule has 1 saturated heterocycles. The number of hydrogen-bond acceptors (Lipinski definition) is 1. The first kappa shape index (κ1) is 15.5. The Bertz CT molecular complexity index is 221. The van der Waals surface area contributed by atoms with E-state index in [1.54, 1.807) is 0 Å². The number of carbonyl (C=O) groups excluding carboxylic acids is 1. The molecule has 1 heterocycles. The van der Waals surface area contributed by atoms with Gasteiger partial charge in [-0.2, -0.15) is 0 Å². The smallest absolute Gasteiger partial charge is 0.228 e. The maximum atomic E-state index is 12.1. The van der Waals surface area contributed by atoms with Crippen LogP contribution >= 0.6 is 0 Å². The highest BCUT2D eigenvalue weighted by Gasteiger charge is 2.37. The molecule has 1 aliphatic rings. The van der Waals surface area contributed by atoms with Gasteiger partial charge in [0, 0.05) is 18.5 Å². The van der Waals surface area contributed by atoms with E-state index in [9.17, 15) is 4.79 Å². The standard InChI is InChI=1S/C12H23NO.C2H6/c1-11(2,3)9-12(4,5)10(14)13-7-6-8-13;1-2/h6-9H2,1-5H3;1-2H3. The average molecular weight is 227 g/mol.